The second-order valence-corrected chi connectivity index (χ2v) is 6.96. The van der Waals surface area contributed by atoms with Gasteiger partial charge in [0.15, 0.2) is 0 Å². The molecule has 28 heavy (non-hydrogen) atoms. The molecule has 1 fully saturated rings. The molecule has 1 saturated heterocycles. The van der Waals surface area contributed by atoms with Crippen molar-refractivity contribution in [3.63, 3.8) is 0 Å². The molecular weight excluding hydrogens is 358 g/mol. The van der Waals surface area contributed by atoms with Gasteiger partial charge in [0.05, 0.1) is 4.92 Å². The number of aryl methyl sites for hydroxylation is 1. The second-order valence-electron chi connectivity index (χ2n) is 6.96. The summed E-state index contributed by atoms with van der Waals surface area (Å²) in [6, 6.07) is 13.4. The SMILES string of the molecule is Cc1ccccc1CN1CCN(c2nc3ccccn3c(=O)c2[N+](=O)[O-])CC1. The van der Waals surface area contributed by atoms with Crippen LogP contribution in [0.4, 0.5) is 11.5 Å². The van der Waals surface area contributed by atoms with Crippen LogP contribution in [0.5, 0.6) is 0 Å². The van der Waals surface area contributed by atoms with E-state index in [-0.39, 0.29) is 5.82 Å². The molecular formula is C20H21N5O3. The van der Waals surface area contributed by atoms with Crippen molar-refractivity contribution in [3.8, 4) is 0 Å². The Balaban J connectivity index is 1.58. The third kappa shape index (κ3) is 3.34. The number of fused-ring (bicyclic) bond motifs is 1. The van der Waals surface area contributed by atoms with Crippen molar-refractivity contribution in [1.82, 2.24) is 14.3 Å². The van der Waals surface area contributed by atoms with Crippen LogP contribution >= 0.6 is 0 Å². The lowest BCUT2D eigenvalue weighted by Crippen LogP contribution is -2.47. The van der Waals surface area contributed by atoms with Gasteiger partial charge in [0.25, 0.3) is 0 Å². The molecule has 1 aliphatic rings. The molecule has 8 heteroatoms. The summed E-state index contributed by atoms with van der Waals surface area (Å²) < 4.78 is 1.22. The van der Waals surface area contributed by atoms with E-state index in [2.05, 4.69) is 28.9 Å². The lowest BCUT2D eigenvalue weighted by atomic mass is 10.1. The van der Waals surface area contributed by atoms with Gasteiger partial charge in [0, 0.05) is 38.9 Å². The Kier molecular flexibility index (Phi) is 4.79. The van der Waals surface area contributed by atoms with Gasteiger partial charge in [0.1, 0.15) is 5.65 Å². The van der Waals surface area contributed by atoms with Crippen LogP contribution < -0.4 is 10.5 Å². The summed E-state index contributed by atoms with van der Waals surface area (Å²) in [7, 11) is 0. The van der Waals surface area contributed by atoms with E-state index >= 15 is 0 Å². The number of benzene rings is 1. The van der Waals surface area contributed by atoms with Crippen molar-refractivity contribution >= 4 is 17.2 Å². The monoisotopic (exact) mass is 379 g/mol. The highest BCUT2D eigenvalue weighted by atomic mass is 16.6. The smallest absolute Gasteiger partial charge is 0.348 e. The standard InChI is InChI=1S/C20H21N5O3/c1-15-6-2-3-7-16(15)14-22-10-12-23(13-11-22)19-18(25(27)28)20(26)24-9-5-4-8-17(24)21-19/h2-9H,10-14H2,1H3. The van der Waals surface area contributed by atoms with Crippen molar-refractivity contribution in [2.45, 2.75) is 13.5 Å². The summed E-state index contributed by atoms with van der Waals surface area (Å²) >= 11 is 0. The van der Waals surface area contributed by atoms with Gasteiger partial charge in [-0.15, -0.1) is 0 Å². The van der Waals surface area contributed by atoms with Gasteiger partial charge in [-0.25, -0.2) is 4.98 Å². The normalized spacial score (nSPS) is 15.1. The van der Waals surface area contributed by atoms with Gasteiger partial charge in [-0.1, -0.05) is 30.3 Å². The first-order valence-electron chi connectivity index (χ1n) is 9.22. The Labute approximate surface area is 161 Å². The van der Waals surface area contributed by atoms with Crippen molar-refractivity contribution in [2.24, 2.45) is 0 Å². The molecule has 0 atom stereocenters. The van der Waals surface area contributed by atoms with Gasteiger partial charge in [0.2, 0.25) is 5.82 Å². The Bertz CT molecular complexity index is 1090. The summed E-state index contributed by atoms with van der Waals surface area (Å²) in [5.74, 6) is 0.164. The Morgan fingerprint density at radius 3 is 2.50 bits per heavy atom. The van der Waals surface area contributed by atoms with E-state index < -0.39 is 16.2 Å². The Morgan fingerprint density at radius 2 is 1.79 bits per heavy atom. The van der Waals surface area contributed by atoms with Gasteiger partial charge >= 0.3 is 11.2 Å². The molecule has 0 aliphatic carbocycles. The van der Waals surface area contributed by atoms with Crippen LogP contribution in [-0.4, -0.2) is 45.4 Å². The lowest BCUT2D eigenvalue weighted by molar-refractivity contribution is -0.385. The zero-order valence-corrected chi connectivity index (χ0v) is 15.6. The Hall–Kier alpha value is -3.26. The molecule has 144 valence electrons. The van der Waals surface area contributed by atoms with E-state index in [0.717, 1.165) is 19.6 Å². The number of rotatable bonds is 4. The highest BCUT2D eigenvalue weighted by Gasteiger charge is 2.29. The fraction of sp³-hybridized carbons (Fsp3) is 0.300. The molecule has 0 spiro atoms. The van der Waals surface area contributed by atoms with Crippen molar-refractivity contribution < 1.29 is 4.92 Å². The molecule has 3 aromatic rings. The number of hydrogen-bond donors (Lipinski definition) is 0. The fourth-order valence-electron chi connectivity index (χ4n) is 3.59. The highest BCUT2D eigenvalue weighted by molar-refractivity contribution is 5.61. The van der Waals surface area contributed by atoms with Gasteiger partial charge in [-0.2, -0.15) is 0 Å². The number of pyridine rings is 1. The molecule has 1 aliphatic heterocycles. The largest absolute Gasteiger partial charge is 0.376 e. The topological polar surface area (TPSA) is 84.0 Å². The number of nitro groups is 1. The molecule has 4 rings (SSSR count). The van der Waals surface area contributed by atoms with Crippen LogP contribution in [0.2, 0.25) is 0 Å². The van der Waals surface area contributed by atoms with E-state index in [4.69, 9.17) is 0 Å². The van der Waals surface area contributed by atoms with Crippen LogP contribution in [0.25, 0.3) is 5.65 Å². The van der Waals surface area contributed by atoms with E-state index in [1.807, 2.05) is 17.0 Å². The predicted octanol–water partition coefficient (Wildman–Crippen LogP) is 2.23. The van der Waals surface area contributed by atoms with Crippen LogP contribution in [0.15, 0.2) is 53.5 Å². The van der Waals surface area contributed by atoms with E-state index in [0.29, 0.717) is 18.7 Å². The summed E-state index contributed by atoms with van der Waals surface area (Å²) in [6.07, 6.45) is 1.50. The molecule has 0 N–H and O–H groups in total. The van der Waals surface area contributed by atoms with Crippen molar-refractivity contribution in [3.05, 3.63) is 80.3 Å². The van der Waals surface area contributed by atoms with Gasteiger partial charge in [-0.05, 0) is 30.2 Å². The molecule has 1 aromatic carbocycles. The second kappa shape index (κ2) is 7.40. The summed E-state index contributed by atoms with van der Waals surface area (Å²) in [6.45, 7) is 5.62. The molecule has 8 nitrogen and oxygen atoms in total. The molecule has 0 unspecified atom stereocenters. The molecule has 0 saturated carbocycles. The third-order valence-electron chi connectivity index (χ3n) is 5.20. The number of piperazine rings is 1. The molecule has 0 radical (unpaired) electrons. The lowest BCUT2D eigenvalue weighted by Gasteiger charge is -2.35. The van der Waals surface area contributed by atoms with E-state index in [1.165, 1.54) is 21.7 Å². The number of aromatic nitrogens is 2. The predicted molar refractivity (Wildman–Crippen MR) is 107 cm³/mol. The van der Waals surface area contributed by atoms with Crippen LogP contribution in [0.3, 0.4) is 0 Å². The molecule has 0 bridgehead atoms. The van der Waals surface area contributed by atoms with Crippen LogP contribution in [0, 0.1) is 17.0 Å². The third-order valence-corrected chi connectivity index (χ3v) is 5.20. The maximum atomic E-state index is 12.6. The molecule has 2 aromatic heterocycles. The van der Waals surface area contributed by atoms with Crippen molar-refractivity contribution in [1.29, 1.82) is 0 Å². The molecule has 3 heterocycles. The zero-order chi connectivity index (χ0) is 19.7. The fourth-order valence-corrected chi connectivity index (χ4v) is 3.59. The number of nitrogens with zero attached hydrogens (tertiary/aromatic N) is 5. The first kappa shape index (κ1) is 18.1. The van der Waals surface area contributed by atoms with Gasteiger partial charge < -0.3 is 4.90 Å². The first-order chi connectivity index (χ1) is 13.5. The maximum Gasteiger partial charge on any atom is 0.376 e. The summed E-state index contributed by atoms with van der Waals surface area (Å²) in [5, 5.41) is 11.6. The average Bonchev–Trinajstić information content (AvgIpc) is 2.70. The first-order valence-corrected chi connectivity index (χ1v) is 9.22. The highest BCUT2D eigenvalue weighted by Crippen LogP contribution is 2.24. The van der Waals surface area contributed by atoms with E-state index in [9.17, 15) is 14.9 Å². The maximum absolute atomic E-state index is 12.6. The molecule has 0 amide bonds. The number of hydrogen-bond acceptors (Lipinski definition) is 6. The van der Waals surface area contributed by atoms with Crippen molar-refractivity contribution in [2.75, 3.05) is 31.1 Å². The minimum absolute atomic E-state index is 0.164. The van der Waals surface area contributed by atoms with Crippen LogP contribution in [-0.2, 0) is 6.54 Å². The van der Waals surface area contributed by atoms with E-state index in [1.54, 1.807) is 18.2 Å². The zero-order valence-electron chi connectivity index (χ0n) is 15.6. The van der Waals surface area contributed by atoms with Crippen LogP contribution in [0.1, 0.15) is 11.1 Å². The van der Waals surface area contributed by atoms with Gasteiger partial charge in [-0.3, -0.25) is 24.2 Å². The Morgan fingerprint density at radius 1 is 1.07 bits per heavy atom. The minimum Gasteiger partial charge on any atom is -0.348 e. The summed E-state index contributed by atoms with van der Waals surface area (Å²) in [5.41, 5.74) is 1.84. The average molecular weight is 379 g/mol. The summed E-state index contributed by atoms with van der Waals surface area (Å²) in [4.78, 5) is 32.2. The number of anilines is 1. The minimum atomic E-state index is -0.645. The quantitative estimate of drug-likeness (QED) is 0.511.